The molecule has 11 heavy (non-hydrogen) atoms. The molecule has 0 aliphatic carbocycles. The molecule has 0 unspecified atom stereocenters. The first-order chi connectivity index (χ1) is 5.07. The molecule has 0 aromatic rings. The molecule has 0 spiro atoms. The van der Waals surface area contributed by atoms with Gasteiger partial charge in [0.2, 0.25) is 0 Å². The van der Waals surface area contributed by atoms with Crippen LogP contribution in [0.4, 0.5) is 0 Å². The first kappa shape index (κ1) is 9.82. The van der Waals surface area contributed by atoms with Crippen molar-refractivity contribution in [2.24, 2.45) is 4.99 Å². The normalized spacial score (nSPS) is 10.6. The number of rotatable bonds is 3. The summed E-state index contributed by atoms with van der Waals surface area (Å²) in [6.07, 6.45) is 3.11. The average molecular weight is 151 g/mol. The zero-order valence-corrected chi connectivity index (χ0v) is 7.22. The highest BCUT2D eigenvalue weighted by molar-refractivity contribution is 6.43. The highest BCUT2D eigenvalue weighted by Gasteiger charge is 1.96. The Morgan fingerprint density at radius 2 is 1.91 bits per heavy atom. The van der Waals surface area contributed by atoms with Crippen LogP contribution in [0.1, 0.15) is 20.8 Å². The fourth-order valence-corrected chi connectivity index (χ4v) is 0.486. The molecule has 0 aromatic heterocycles. The number of nitrogens with zero attached hydrogens (tertiary/aromatic N) is 1. The van der Waals surface area contributed by atoms with Gasteiger partial charge in [0.1, 0.15) is 5.71 Å². The number of hydrogen-bond donors (Lipinski definition) is 0. The van der Waals surface area contributed by atoms with Gasteiger partial charge >= 0.3 is 0 Å². The number of ketones is 1. The van der Waals surface area contributed by atoms with Crippen LogP contribution >= 0.6 is 0 Å². The van der Waals surface area contributed by atoms with Crippen LogP contribution in [-0.4, -0.2) is 11.5 Å². The van der Waals surface area contributed by atoms with E-state index in [-0.39, 0.29) is 5.78 Å². The number of aliphatic imine (C=N–C) groups is 1. The average Bonchev–Trinajstić information content (AvgIpc) is 1.87. The molecule has 2 heteroatoms. The Hall–Kier alpha value is -1.18. The van der Waals surface area contributed by atoms with Crippen molar-refractivity contribution in [2.75, 3.05) is 0 Å². The van der Waals surface area contributed by atoms with Gasteiger partial charge in [0.15, 0.2) is 5.78 Å². The summed E-state index contributed by atoms with van der Waals surface area (Å²) in [4.78, 5) is 14.7. The molecule has 0 radical (unpaired) electrons. The van der Waals surface area contributed by atoms with Crippen molar-refractivity contribution in [1.29, 1.82) is 0 Å². The second-order valence-corrected chi connectivity index (χ2v) is 2.48. The number of carbonyl (C=O) groups excluding carboxylic acids is 1. The molecule has 0 aliphatic heterocycles. The van der Waals surface area contributed by atoms with Crippen molar-refractivity contribution in [1.82, 2.24) is 0 Å². The maximum atomic E-state index is 10.8. The minimum atomic E-state index is -0.0579. The first-order valence-electron chi connectivity index (χ1n) is 3.42. The Bertz CT molecular complexity index is 220. The SMILES string of the molecule is C=C/C(=N\C=C(C)C)C(C)=O. The van der Waals surface area contributed by atoms with Crippen LogP contribution in [0.2, 0.25) is 0 Å². The third-order valence-electron chi connectivity index (χ3n) is 1.02. The second kappa shape index (κ2) is 4.61. The monoisotopic (exact) mass is 151 g/mol. The molecule has 0 atom stereocenters. The van der Waals surface area contributed by atoms with E-state index in [1.807, 2.05) is 13.8 Å². The van der Waals surface area contributed by atoms with Gasteiger partial charge in [-0.1, -0.05) is 12.2 Å². The predicted octanol–water partition coefficient (Wildman–Crippen LogP) is 2.13. The molecular formula is C9H13NO. The number of carbonyl (C=O) groups is 1. The van der Waals surface area contributed by atoms with Crippen molar-refractivity contribution in [2.45, 2.75) is 20.8 Å². The predicted molar refractivity (Wildman–Crippen MR) is 47.7 cm³/mol. The lowest BCUT2D eigenvalue weighted by atomic mass is 10.2. The summed E-state index contributed by atoms with van der Waals surface area (Å²) in [7, 11) is 0. The van der Waals surface area contributed by atoms with Crippen LogP contribution < -0.4 is 0 Å². The maximum absolute atomic E-state index is 10.8. The number of allylic oxidation sites excluding steroid dienone is 2. The van der Waals surface area contributed by atoms with Crippen molar-refractivity contribution >= 4 is 11.5 Å². The van der Waals surface area contributed by atoms with Crippen LogP contribution in [0.25, 0.3) is 0 Å². The van der Waals surface area contributed by atoms with Crippen molar-refractivity contribution < 1.29 is 4.79 Å². The minimum Gasteiger partial charge on any atom is -0.293 e. The van der Waals surface area contributed by atoms with E-state index in [1.165, 1.54) is 13.0 Å². The van der Waals surface area contributed by atoms with Gasteiger partial charge in [0.25, 0.3) is 0 Å². The quantitative estimate of drug-likeness (QED) is 0.568. The molecule has 0 fully saturated rings. The van der Waals surface area contributed by atoms with Crippen LogP contribution in [0.3, 0.4) is 0 Å². The third-order valence-corrected chi connectivity index (χ3v) is 1.02. The van der Waals surface area contributed by atoms with Gasteiger partial charge < -0.3 is 0 Å². The molecular weight excluding hydrogens is 138 g/mol. The summed E-state index contributed by atoms with van der Waals surface area (Å²) >= 11 is 0. The fourth-order valence-electron chi connectivity index (χ4n) is 0.486. The van der Waals surface area contributed by atoms with Crippen LogP contribution in [-0.2, 0) is 4.79 Å². The molecule has 0 rings (SSSR count). The lowest BCUT2D eigenvalue weighted by Gasteiger charge is -1.90. The van der Waals surface area contributed by atoms with Crippen molar-refractivity contribution in [3.05, 3.63) is 24.4 Å². The van der Waals surface area contributed by atoms with Gasteiger partial charge in [-0.3, -0.25) is 9.79 Å². The summed E-state index contributed by atoms with van der Waals surface area (Å²) in [6, 6.07) is 0. The van der Waals surface area contributed by atoms with Crippen molar-refractivity contribution in [3.63, 3.8) is 0 Å². The molecule has 0 aromatic carbocycles. The third kappa shape index (κ3) is 4.25. The van der Waals surface area contributed by atoms with E-state index in [4.69, 9.17) is 0 Å². The fraction of sp³-hybridized carbons (Fsp3) is 0.333. The van der Waals surface area contributed by atoms with Crippen LogP contribution in [0.5, 0.6) is 0 Å². The molecule has 2 nitrogen and oxygen atoms in total. The van der Waals surface area contributed by atoms with Gasteiger partial charge in [0.05, 0.1) is 0 Å². The van der Waals surface area contributed by atoms with E-state index in [0.29, 0.717) is 5.71 Å². The summed E-state index contributed by atoms with van der Waals surface area (Å²) in [5.41, 5.74) is 1.47. The molecule has 0 heterocycles. The molecule has 0 N–H and O–H groups in total. The Kier molecular flexibility index (Phi) is 4.11. The Labute approximate surface area is 67.3 Å². The Balaban J connectivity index is 4.50. The number of hydrogen-bond acceptors (Lipinski definition) is 2. The molecule has 0 saturated heterocycles. The van der Waals surface area contributed by atoms with Gasteiger partial charge in [0, 0.05) is 13.1 Å². The Morgan fingerprint density at radius 3 is 2.18 bits per heavy atom. The van der Waals surface area contributed by atoms with E-state index < -0.39 is 0 Å². The molecule has 0 bridgehead atoms. The molecule has 60 valence electrons. The summed E-state index contributed by atoms with van der Waals surface area (Å²) in [5, 5.41) is 0. The van der Waals surface area contributed by atoms with E-state index in [1.54, 1.807) is 6.20 Å². The van der Waals surface area contributed by atoms with Gasteiger partial charge in [-0.2, -0.15) is 0 Å². The lowest BCUT2D eigenvalue weighted by Crippen LogP contribution is -2.04. The van der Waals surface area contributed by atoms with Crippen LogP contribution in [0.15, 0.2) is 29.4 Å². The van der Waals surface area contributed by atoms with Crippen LogP contribution in [0, 0.1) is 0 Å². The standard InChI is InChI=1S/C9H13NO/c1-5-9(8(4)11)10-6-7(2)3/h5-6H,1H2,2-4H3/b10-9+. The van der Waals surface area contributed by atoms with Gasteiger partial charge in [-0.25, -0.2) is 0 Å². The van der Waals surface area contributed by atoms with E-state index >= 15 is 0 Å². The zero-order valence-electron chi connectivity index (χ0n) is 7.22. The zero-order chi connectivity index (χ0) is 8.85. The molecule has 0 saturated carbocycles. The second-order valence-electron chi connectivity index (χ2n) is 2.48. The van der Waals surface area contributed by atoms with Gasteiger partial charge in [-0.15, -0.1) is 0 Å². The summed E-state index contributed by atoms with van der Waals surface area (Å²) in [6.45, 7) is 8.79. The minimum absolute atomic E-state index is 0.0579. The molecule has 0 aliphatic rings. The maximum Gasteiger partial charge on any atom is 0.178 e. The first-order valence-corrected chi connectivity index (χ1v) is 3.42. The smallest absolute Gasteiger partial charge is 0.178 e. The van der Waals surface area contributed by atoms with E-state index in [0.717, 1.165) is 5.57 Å². The summed E-state index contributed by atoms with van der Waals surface area (Å²) < 4.78 is 0. The van der Waals surface area contributed by atoms with E-state index in [2.05, 4.69) is 11.6 Å². The van der Waals surface area contributed by atoms with Gasteiger partial charge in [-0.05, 0) is 19.9 Å². The summed E-state index contributed by atoms with van der Waals surface area (Å²) in [5.74, 6) is -0.0579. The van der Waals surface area contributed by atoms with Crippen molar-refractivity contribution in [3.8, 4) is 0 Å². The lowest BCUT2D eigenvalue weighted by molar-refractivity contribution is -0.111. The highest BCUT2D eigenvalue weighted by atomic mass is 16.1. The van der Waals surface area contributed by atoms with E-state index in [9.17, 15) is 4.79 Å². The number of Topliss-reactive ketones (excluding diaryl/α,β-unsaturated/α-hetero) is 1. The highest BCUT2D eigenvalue weighted by Crippen LogP contribution is 1.91. The molecule has 0 amide bonds. The largest absolute Gasteiger partial charge is 0.293 e. The Morgan fingerprint density at radius 1 is 1.36 bits per heavy atom. The topological polar surface area (TPSA) is 29.4 Å².